The van der Waals surface area contributed by atoms with E-state index in [4.69, 9.17) is 15.8 Å². The molecular weight excluding hydrogens is 488 g/mol. The van der Waals surface area contributed by atoms with Gasteiger partial charge in [0, 0.05) is 19.9 Å². The first-order chi connectivity index (χ1) is 17.5. The number of nitrogens with one attached hydrogen (secondary N) is 5. The summed E-state index contributed by atoms with van der Waals surface area (Å²) in [5.74, 6) is 1.32. The van der Waals surface area contributed by atoms with Crippen LogP contribution in [0.15, 0.2) is 12.7 Å². The van der Waals surface area contributed by atoms with E-state index in [1.54, 1.807) is 5.48 Å². The number of amides is 4. The molecule has 14 nitrogen and oxygen atoms in total. The first-order valence-electron chi connectivity index (χ1n) is 12.3. The number of likely N-dealkylation sites (N-methyl/N-ethyl adjacent to an activating group) is 1. The molecule has 37 heavy (non-hydrogen) atoms. The SMILES string of the molecule is C=CC[C@H](C(=O)NO)[C@@H](CC(C)C)C(=O)N[C@@H](CCC(=O)N[C@@H]1O[C@H](CO)CC(O)[C@H]1NN)C(=O)NC. The van der Waals surface area contributed by atoms with Gasteiger partial charge < -0.3 is 30.9 Å². The van der Waals surface area contributed by atoms with Crippen LogP contribution in [0, 0.1) is 17.8 Å². The molecule has 0 radical (unpaired) electrons. The molecule has 1 rings (SSSR count). The lowest BCUT2D eigenvalue weighted by Gasteiger charge is -2.39. The van der Waals surface area contributed by atoms with Crippen molar-refractivity contribution in [2.24, 2.45) is 23.6 Å². The summed E-state index contributed by atoms with van der Waals surface area (Å²) < 4.78 is 5.57. The molecule has 0 aliphatic carbocycles. The molecule has 1 heterocycles. The third-order valence-corrected chi connectivity index (χ3v) is 6.24. The molecular formula is C23H42N6O8. The van der Waals surface area contributed by atoms with Crippen molar-refractivity contribution in [3.05, 3.63) is 12.7 Å². The second kappa shape index (κ2) is 16.3. The number of hydrazine groups is 1. The zero-order valence-electron chi connectivity index (χ0n) is 21.6. The normalized spacial score (nSPS) is 23.9. The molecule has 212 valence electrons. The van der Waals surface area contributed by atoms with E-state index in [1.165, 1.54) is 13.1 Å². The van der Waals surface area contributed by atoms with Gasteiger partial charge in [-0.2, -0.15) is 0 Å². The standard InChI is InChI=1S/C23H42N6O8/c1-5-6-14(21(34)29-36)15(9-12(2)3)20(33)26-16(22(35)25-4)7-8-18(32)27-23-19(28-24)17(31)10-13(11-30)37-23/h5,12-17,19,23,28,30-31,36H,1,6-11,24H2,2-4H3,(H,25,35)(H,26,33)(H,27,32)(H,29,34)/t13-,14-,15+,16-,17?,19+,23+/m0/s1. The lowest BCUT2D eigenvalue weighted by atomic mass is 9.82. The van der Waals surface area contributed by atoms with Crippen LogP contribution in [0.1, 0.15) is 46.0 Å². The van der Waals surface area contributed by atoms with E-state index in [1.807, 2.05) is 13.8 Å². The molecule has 0 aromatic rings. The maximum Gasteiger partial charge on any atom is 0.247 e. The van der Waals surface area contributed by atoms with E-state index < -0.39 is 66.0 Å². The summed E-state index contributed by atoms with van der Waals surface area (Å²) in [6, 6.07) is -1.91. The fraction of sp³-hybridized carbons (Fsp3) is 0.739. The third kappa shape index (κ3) is 9.98. The molecule has 1 aliphatic rings. The predicted octanol–water partition coefficient (Wildman–Crippen LogP) is -2.23. The Kier molecular flexibility index (Phi) is 14.3. The van der Waals surface area contributed by atoms with Crippen LogP contribution >= 0.6 is 0 Å². The molecule has 0 bridgehead atoms. The van der Waals surface area contributed by atoms with Crippen LogP contribution in [0.25, 0.3) is 0 Å². The van der Waals surface area contributed by atoms with Crippen molar-refractivity contribution in [1.29, 1.82) is 0 Å². The van der Waals surface area contributed by atoms with E-state index in [0.29, 0.717) is 6.42 Å². The van der Waals surface area contributed by atoms with E-state index in [0.717, 1.165) is 0 Å². The first-order valence-corrected chi connectivity index (χ1v) is 12.3. The summed E-state index contributed by atoms with van der Waals surface area (Å²) in [5.41, 5.74) is 3.97. The van der Waals surface area contributed by atoms with Gasteiger partial charge in [0.25, 0.3) is 0 Å². The van der Waals surface area contributed by atoms with Gasteiger partial charge in [-0.1, -0.05) is 19.9 Å². The topological polar surface area (TPSA) is 224 Å². The second-order valence-corrected chi connectivity index (χ2v) is 9.48. The van der Waals surface area contributed by atoms with Gasteiger partial charge in [0.2, 0.25) is 23.6 Å². The minimum Gasteiger partial charge on any atom is -0.394 e. The third-order valence-electron chi connectivity index (χ3n) is 6.24. The molecule has 1 aliphatic heterocycles. The quantitative estimate of drug-likeness (QED) is 0.0479. The van der Waals surface area contributed by atoms with Crippen molar-refractivity contribution in [3.8, 4) is 0 Å². The molecule has 0 aromatic carbocycles. The summed E-state index contributed by atoms with van der Waals surface area (Å²) in [6.07, 6.45) is -0.948. The summed E-state index contributed by atoms with van der Waals surface area (Å²) in [4.78, 5) is 50.6. The van der Waals surface area contributed by atoms with E-state index in [9.17, 15) is 29.4 Å². The van der Waals surface area contributed by atoms with Gasteiger partial charge in [-0.25, -0.2) is 5.48 Å². The fourth-order valence-corrected chi connectivity index (χ4v) is 4.31. The number of aliphatic hydroxyl groups excluding tert-OH is 2. The van der Waals surface area contributed by atoms with Gasteiger partial charge >= 0.3 is 0 Å². The van der Waals surface area contributed by atoms with Crippen LogP contribution in [-0.4, -0.2) is 83.2 Å². The number of hydroxylamine groups is 1. The van der Waals surface area contributed by atoms with Crippen LogP contribution in [0.2, 0.25) is 0 Å². The molecule has 14 heteroatoms. The van der Waals surface area contributed by atoms with Crippen LogP contribution in [0.4, 0.5) is 0 Å². The maximum absolute atomic E-state index is 13.2. The molecule has 0 spiro atoms. The molecule has 1 fully saturated rings. The highest BCUT2D eigenvalue weighted by Crippen LogP contribution is 2.25. The number of hydrogen-bond acceptors (Lipinski definition) is 10. The van der Waals surface area contributed by atoms with Gasteiger partial charge in [0.15, 0.2) is 0 Å². The Morgan fingerprint density at radius 2 is 1.84 bits per heavy atom. The van der Waals surface area contributed by atoms with Crippen LogP contribution in [0.3, 0.4) is 0 Å². The summed E-state index contributed by atoms with van der Waals surface area (Å²) >= 11 is 0. The second-order valence-electron chi connectivity index (χ2n) is 9.48. The number of carbonyl (C=O) groups excluding carboxylic acids is 4. The summed E-state index contributed by atoms with van der Waals surface area (Å²) in [7, 11) is 1.39. The number of hydrogen-bond donors (Lipinski definition) is 9. The molecule has 1 unspecified atom stereocenters. The molecule has 0 saturated carbocycles. The van der Waals surface area contributed by atoms with Gasteiger partial charge in [0.1, 0.15) is 12.3 Å². The Bertz CT molecular complexity index is 782. The van der Waals surface area contributed by atoms with Crippen molar-refractivity contribution in [3.63, 3.8) is 0 Å². The highest BCUT2D eigenvalue weighted by atomic mass is 16.5. The molecule has 4 amide bonds. The largest absolute Gasteiger partial charge is 0.394 e. The number of aliphatic hydroxyl groups is 2. The van der Waals surface area contributed by atoms with E-state index >= 15 is 0 Å². The highest BCUT2D eigenvalue weighted by Gasteiger charge is 2.38. The number of allylic oxidation sites excluding steroid dienone is 1. The average molecular weight is 531 g/mol. The van der Waals surface area contributed by atoms with Crippen LogP contribution < -0.4 is 32.7 Å². The zero-order valence-corrected chi connectivity index (χ0v) is 21.6. The number of rotatable bonds is 15. The molecule has 10 N–H and O–H groups in total. The van der Waals surface area contributed by atoms with Crippen LogP contribution in [0.5, 0.6) is 0 Å². The molecule has 7 atom stereocenters. The smallest absolute Gasteiger partial charge is 0.247 e. The minimum absolute atomic E-state index is 0.0245. The lowest BCUT2D eigenvalue weighted by Crippen LogP contribution is -2.63. The van der Waals surface area contributed by atoms with Gasteiger partial charge in [0.05, 0.1) is 36.7 Å². The van der Waals surface area contributed by atoms with Crippen molar-refractivity contribution < 1.29 is 39.3 Å². The lowest BCUT2D eigenvalue weighted by molar-refractivity contribution is -0.153. The Labute approximate surface area is 216 Å². The minimum atomic E-state index is -1.09. The van der Waals surface area contributed by atoms with Crippen molar-refractivity contribution >= 4 is 23.6 Å². The summed E-state index contributed by atoms with van der Waals surface area (Å²) in [5, 5.41) is 36.3. The highest BCUT2D eigenvalue weighted by molar-refractivity contribution is 5.91. The Morgan fingerprint density at radius 1 is 1.16 bits per heavy atom. The Balaban J connectivity index is 2.94. The fourth-order valence-electron chi connectivity index (χ4n) is 4.31. The predicted molar refractivity (Wildman–Crippen MR) is 132 cm³/mol. The zero-order chi connectivity index (χ0) is 28.1. The van der Waals surface area contributed by atoms with Crippen molar-refractivity contribution in [1.82, 2.24) is 26.9 Å². The van der Waals surface area contributed by atoms with Crippen molar-refractivity contribution in [2.75, 3.05) is 13.7 Å². The summed E-state index contributed by atoms with van der Waals surface area (Å²) in [6.45, 7) is 7.00. The van der Waals surface area contributed by atoms with Crippen molar-refractivity contribution in [2.45, 2.75) is 76.5 Å². The number of carbonyl (C=O) groups is 4. The van der Waals surface area contributed by atoms with Gasteiger partial charge in [-0.05, 0) is 25.2 Å². The Hall–Kier alpha value is -2.62. The van der Waals surface area contributed by atoms with Crippen LogP contribution in [-0.2, 0) is 23.9 Å². The Morgan fingerprint density at radius 3 is 2.35 bits per heavy atom. The van der Waals surface area contributed by atoms with E-state index in [-0.39, 0.29) is 38.2 Å². The van der Waals surface area contributed by atoms with Gasteiger partial charge in [-0.3, -0.25) is 35.7 Å². The average Bonchev–Trinajstić information content (AvgIpc) is 2.86. The maximum atomic E-state index is 13.2. The molecule has 0 aromatic heterocycles. The van der Waals surface area contributed by atoms with Gasteiger partial charge in [-0.15, -0.1) is 6.58 Å². The number of ether oxygens (including phenoxy) is 1. The monoisotopic (exact) mass is 530 g/mol. The number of nitrogens with two attached hydrogens (primary N) is 1. The first kappa shape index (κ1) is 32.4. The van der Waals surface area contributed by atoms with E-state index in [2.05, 4.69) is 28.0 Å². The molecule has 1 saturated heterocycles.